The number of nitrogens with zero attached hydrogens (tertiary/aromatic N) is 1. The van der Waals surface area contributed by atoms with Gasteiger partial charge in [-0.2, -0.15) is 0 Å². The third-order valence-electron chi connectivity index (χ3n) is 4.96. The van der Waals surface area contributed by atoms with Gasteiger partial charge in [-0.05, 0) is 56.1 Å². The Bertz CT molecular complexity index is 499. The van der Waals surface area contributed by atoms with Crippen molar-refractivity contribution in [2.45, 2.75) is 58.4 Å². The van der Waals surface area contributed by atoms with Crippen molar-refractivity contribution in [1.82, 2.24) is 4.90 Å². The Morgan fingerprint density at radius 2 is 1.95 bits per heavy atom. The quantitative estimate of drug-likeness (QED) is 0.803. The molecule has 0 atom stereocenters. The van der Waals surface area contributed by atoms with Crippen molar-refractivity contribution in [3.8, 4) is 0 Å². The highest BCUT2D eigenvalue weighted by Crippen LogP contribution is 2.42. The van der Waals surface area contributed by atoms with E-state index >= 15 is 0 Å². The topological polar surface area (TPSA) is 20.3 Å². The van der Waals surface area contributed by atoms with Crippen molar-refractivity contribution >= 4 is 17.2 Å². The molecule has 0 aromatic carbocycles. The average molecular weight is 277 g/mol. The van der Waals surface area contributed by atoms with Gasteiger partial charge in [0.2, 0.25) is 0 Å². The molecular weight excluding hydrogens is 254 g/mol. The summed E-state index contributed by atoms with van der Waals surface area (Å²) in [4.78, 5) is 16.9. The molecule has 1 heterocycles. The van der Waals surface area contributed by atoms with Crippen LogP contribution >= 0.6 is 11.3 Å². The van der Waals surface area contributed by atoms with Crippen molar-refractivity contribution in [3.63, 3.8) is 0 Å². The van der Waals surface area contributed by atoms with E-state index in [-0.39, 0.29) is 11.4 Å². The summed E-state index contributed by atoms with van der Waals surface area (Å²) >= 11 is 1.72. The van der Waals surface area contributed by atoms with Crippen molar-refractivity contribution in [2.24, 2.45) is 5.41 Å². The summed E-state index contributed by atoms with van der Waals surface area (Å²) in [5.41, 5.74) is 1.89. The second-order valence-corrected chi connectivity index (χ2v) is 8.43. The normalized spacial score (nSPS) is 22.7. The van der Waals surface area contributed by atoms with E-state index in [1.165, 1.54) is 16.9 Å². The number of carbonyl (C=O) groups is 1. The first-order chi connectivity index (χ1) is 8.81. The van der Waals surface area contributed by atoms with E-state index in [0.29, 0.717) is 5.41 Å². The summed E-state index contributed by atoms with van der Waals surface area (Å²) in [6.07, 6.45) is 5.79. The fourth-order valence-corrected chi connectivity index (χ4v) is 4.73. The molecule has 0 unspecified atom stereocenters. The Balaban J connectivity index is 1.79. The van der Waals surface area contributed by atoms with Gasteiger partial charge in [0.25, 0.3) is 5.91 Å². The molecule has 2 aliphatic rings. The molecule has 0 aliphatic heterocycles. The molecule has 1 saturated carbocycles. The molecule has 0 bridgehead atoms. The third-order valence-corrected chi connectivity index (χ3v) is 6.13. The van der Waals surface area contributed by atoms with Gasteiger partial charge in [-0.1, -0.05) is 13.8 Å². The fraction of sp³-hybridized carbons (Fsp3) is 0.688. The smallest absolute Gasteiger partial charge is 0.264 e. The Morgan fingerprint density at radius 3 is 2.47 bits per heavy atom. The minimum absolute atomic E-state index is 0.102. The highest BCUT2D eigenvalue weighted by molar-refractivity contribution is 7.14. The van der Waals surface area contributed by atoms with Crippen LogP contribution in [0.25, 0.3) is 0 Å². The van der Waals surface area contributed by atoms with Crippen LogP contribution in [0, 0.1) is 5.41 Å². The first-order valence-electron chi connectivity index (χ1n) is 7.21. The minimum Gasteiger partial charge on any atom is -0.336 e. The number of rotatable bonds is 2. The molecule has 3 heteroatoms. The molecule has 1 aromatic rings. The molecule has 3 rings (SSSR count). The van der Waals surface area contributed by atoms with E-state index in [1.807, 2.05) is 11.9 Å². The lowest BCUT2D eigenvalue weighted by Gasteiger charge is -2.45. The zero-order valence-electron chi connectivity index (χ0n) is 12.4. The number of hydrogen-bond donors (Lipinski definition) is 0. The van der Waals surface area contributed by atoms with Crippen LogP contribution in [0.2, 0.25) is 0 Å². The van der Waals surface area contributed by atoms with Crippen LogP contribution in [-0.4, -0.2) is 23.4 Å². The van der Waals surface area contributed by atoms with Crippen LogP contribution in [0.15, 0.2) is 6.07 Å². The van der Waals surface area contributed by atoms with Gasteiger partial charge in [0.1, 0.15) is 0 Å². The van der Waals surface area contributed by atoms with Crippen LogP contribution in [0.5, 0.6) is 0 Å². The summed E-state index contributed by atoms with van der Waals surface area (Å²) in [6.45, 7) is 6.82. The summed E-state index contributed by atoms with van der Waals surface area (Å²) in [5.74, 6) is 0.222. The van der Waals surface area contributed by atoms with Gasteiger partial charge in [-0.15, -0.1) is 11.3 Å². The predicted octanol–water partition coefficient (Wildman–Crippen LogP) is 3.89. The summed E-state index contributed by atoms with van der Waals surface area (Å²) in [6, 6.07) is 2.15. The highest BCUT2D eigenvalue weighted by atomic mass is 32.1. The molecule has 2 nitrogen and oxygen atoms in total. The summed E-state index contributed by atoms with van der Waals surface area (Å²) in [5, 5.41) is 0. The van der Waals surface area contributed by atoms with Gasteiger partial charge in [0.15, 0.2) is 0 Å². The Kier molecular flexibility index (Phi) is 2.83. The van der Waals surface area contributed by atoms with Crippen molar-refractivity contribution in [3.05, 3.63) is 21.4 Å². The molecule has 0 radical (unpaired) electrons. The van der Waals surface area contributed by atoms with Crippen LogP contribution in [0.1, 0.15) is 60.1 Å². The molecule has 104 valence electrons. The summed E-state index contributed by atoms with van der Waals surface area (Å²) < 4.78 is 0. The molecule has 1 amide bonds. The first-order valence-corrected chi connectivity index (χ1v) is 8.02. The van der Waals surface area contributed by atoms with E-state index in [2.05, 4.69) is 26.8 Å². The number of amides is 1. The Morgan fingerprint density at radius 1 is 1.26 bits per heavy atom. The molecule has 0 N–H and O–H groups in total. The average Bonchev–Trinajstić information content (AvgIpc) is 2.77. The van der Waals surface area contributed by atoms with Gasteiger partial charge >= 0.3 is 0 Å². The van der Waals surface area contributed by atoms with Crippen molar-refractivity contribution < 1.29 is 4.79 Å². The van der Waals surface area contributed by atoms with Crippen LogP contribution < -0.4 is 0 Å². The minimum atomic E-state index is 0.102. The van der Waals surface area contributed by atoms with Gasteiger partial charge < -0.3 is 4.90 Å². The van der Waals surface area contributed by atoms with E-state index in [0.717, 1.165) is 30.6 Å². The van der Waals surface area contributed by atoms with Gasteiger partial charge in [-0.3, -0.25) is 4.79 Å². The maximum Gasteiger partial charge on any atom is 0.264 e. The highest BCUT2D eigenvalue weighted by Gasteiger charge is 2.39. The lowest BCUT2D eigenvalue weighted by Crippen LogP contribution is -2.51. The van der Waals surface area contributed by atoms with Gasteiger partial charge in [0, 0.05) is 17.5 Å². The molecule has 1 aromatic heterocycles. The maximum absolute atomic E-state index is 12.6. The molecule has 0 saturated heterocycles. The molecule has 0 spiro atoms. The van der Waals surface area contributed by atoms with Crippen LogP contribution in [-0.2, 0) is 12.8 Å². The predicted molar refractivity (Wildman–Crippen MR) is 79.9 cm³/mol. The fourth-order valence-electron chi connectivity index (χ4n) is 3.32. The van der Waals surface area contributed by atoms with Crippen molar-refractivity contribution in [1.29, 1.82) is 0 Å². The maximum atomic E-state index is 12.6. The number of hydrogen-bond acceptors (Lipinski definition) is 2. The van der Waals surface area contributed by atoms with Crippen LogP contribution in [0.3, 0.4) is 0 Å². The molecule has 19 heavy (non-hydrogen) atoms. The van der Waals surface area contributed by atoms with E-state index in [9.17, 15) is 4.79 Å². The molecular formula is C16H23NOS. The molecule has 2 aliphatic carbocycles. The standard InChI is InChI=1S/C16H23NOS/c1-15(2)9-11-8-12(19-13(11)10-15)14(18)17(4)16(3)6-5-7-16/h8H,5-7,9-10H2,1-4H3. The zero-order chi connectivity index (χ0) is 13.8. The second kappa shape index (κ2) is 4.08. The molecule has 1 fully saturated rings. The SMILES string of the molecule is CN(C(=O)c1cc2c(s1)CC(C)(C)C2)C1(C)CCC1. The van der Waals surface area contributed by atoms with E-state index < -0.39 is 0 Å². The third kappa shape index (κ3) is 2.12. The van der Waals surface area contributed by atoms with Gasteiger partial charge in [-0.25, -0.2) is 0 Å². The zero-order valence-corrected chi connectivity index (χ0v) is 13.2. The van der Waals surface area contributed by atoms with Crippen molar-refractivity contribution in [2.75, 3.05) is 7.05 Å². The second-order valence-electron chi connectivity index (χ2n) is 7.29. The Hall–Kier alpha value is -0.830. The number of thiophene rings is 1. The first kappa shape index (κ1) is 13.2. The van der Waals surface area contributed by atoms with Crippen LogP contribution in [0.4, 0.5) is 0 Å². The number of fused-ring (bicyclic) bond motifs is 1. The van der Waals surface area contributed by atoms with E-state index in [1.54, 1.807) is 11.3 Å². The largest absolute Gasteiger partial charge is 0.336 e. The lowest BCUT2D eigenvalue weighted by atomic mass is 9.77. The number of carbonyl (C=O) groups excluding carboxylic acids is 1. The van der Waals surface area contributed by atoms with E-state index in [4.69, 9.17) is 0 Å². The lowest BCUT2D eigenvalue weighted by molar-refractivity contribution is 0.0371. The Labute approximate surface area is 119 Å². The monoisotopic (exact) mass is 277 g/mol. The summed E-state index contributed by atoms with van der Waals surface area (Å²) in [7, 11) is 1.97. The van der Waals surface area contributed by atoms with Gasteiger partial charge in [0.05, 0.1) is 4.88 Å².